The van der Waals surface area contributed by atoms with E-state index in [4.69, 9.17) is 0 Å². The fraction of sp³-hybridized carbons (Fsp3) is 0. The summed E-state index contributed by atoms with van der Waals surface area (Å²) in [4.78, 5) is 0. The molecule has 0 spiro atoms. The molecule has 0 unspecified atom stereocenters. The van der Waals surface area contributed by atoms with E-state index in [1.807, 2.05) is 0 Å². The molecule has 0 saturated heterocycles. The van der Waals surface area contributed by atoms with E-state index >= 15 is 0 Å². The molecule has 32 valence electrons. The van der Waals surface area contributed by atoms with Gasteiger partial charge in [0, 0.05) is 0 Å². The van der Waals surface area contributed by atoms with Gasteiger partial charge in [0.25, 0.3) is 0 Å². The molecule has 0 aromatic rings. The molecule has 0 heterocycles. The minimum atomic E-state index is 0. The van der Waals surface area contributed by atoms with E-state index < -0.39 is 0 Å². The first-order valence-corrected chi connectivity index (χ1v) is 1.79. The van der Waals surface area contributed by atoms with Gasteiger partial charge in [0.15, 0.2) is 0 Å². The van der Waals surface area contributed by atoms with Crippen molar-refractivity contribution in [3.8, 4) is 0 Å². The molecule has 0 bridgehead atoms. The van der Waals surface area contributed by atoms with Crippen LogP contribution in [0.15, 0.2) is 0 Å². The fourth-order valence-corrected chi connectivity index (χ4v) is 0. The predicted molar refractivity (Wildman–Crippen MR) is 16.4 cm³/mol. The topological polar surface area (TPSA) is 0 Å². The summed E-state index contributed by atoms with van der Waals surface area (Å²) in [7, 11) is 3.83. The van der Waals surface area contributed by atoms with Gasteiger partial charge in [0.05, 0.1) is 0 Å². The third-order valence-electron chi connectivity index (χ3n) is 0. The molecule has 0 atom stereocenters. The van der Waals surface area contributed by atoms with Crippen molar-refractivity contribution in [1.82, 2.24) is 0 Å². The predicted octanol–water partition coefficient (Wildman–Crippen LogP) is 0.373. The summed E-state index contributed by atoms with van der Waals surface area (Å²) < 4.78 is 0. The van der Waals surface area contributed by atoms with E-state index in [1.165, 1.54) is 0 Å². The first-order chi connectivity index (χ1) is 1.00. The number of hydrogen-bond acceptors (Lipinski definition) is 2. The average molecular weight is 185 g/mol. The van der Waals surface area contributed by atoms with Crippen molar-refractivity contribution >= 4 is 24.0 Å². The third-order valence-corrected chi connectivity index (χ3v) is 0. The fourth-order valence-electron chi connectivity index (χ4n) is 0. The Balaban J connectivity index is -0.00000000500. The third kappa shape index (κ3) is 9.49. The van der Waals surface area contributed by atoms with Gasteiger partial charge in [-0.05, 0) is 0 Å². The van der Waals surface area contributed by atoms with Gasteiger partial charge in [-0.2, -0.15) is 0 Å². The molecule has 0 aromatic carbocycles. The molecule has 0 aromatic heterocycles. The van der Waals surface area contributed by atoms with Crippen LogP contribution in [0, 0.1) is 0 Å². The molecule has 0 N–H and O–H groups in total. The van der Waals surface area contributed by atoms with Gasteiger partial charge in [-0.1, -0.05) is 0 Å². The summed E-state index contributed by atoms with van der Waals surface area (Å²) in [5.74, 6) is 0. The van der Waals surface area contributed by atoms with Crippen molar-refractivity contribution < 1.29 is 31.5 Å². The van der Waals surface area contributed by atoms with E-state index in [0.717, 1.165) is 0 Å². The Kier molecular flexibility index (Phi) is 101. The van der Waals surface area contributed by atoms with Crippen molar-refractivity contribution in [3.63, 3.8) is 0 Å². The molecule has 0 rings (SSSR count). The Bertz CT molecular complexity index is 6.00. The van der Waals surface area contributed by atoms with Crippen LogP contribution in [0.3, 0.4) is 0 Å². The van der Waals surface area contributed by atoms with Gasteiger partial charge in [-0.3, -0.25) is 0 Å². The van der Waals surface area contributed by atoms with Gasteiger partial charge in [0.2, 0.25) is 0 Å². The van der Waals surface area contributed by atoms with Gasteiger partial charge >= 0.3 is 42.0 Å². The van der Waals surface area contributed by atoms with Gasteiger partial charge in [-0.15, -0.1) is 0 Å². The quantitative estimate of drug-likeness (QED) is 0.303. The van der Waals surface area contributed by atoms with Crippen molar-refractivity contribution in [3.05, 3.63) is 0 Å². The zero-order valence-electron chi connectivity index (χ0n) is 1.51. The minimum absolute atomic E-state index is 0. The molecular formula is HCuFeS2. The van der Waals surface area contributed by atoms with Crippen LogP contribution in [-0.4, -0.2) is 0 Å². The molecule has 0 fully saturated rings. The van der Waals surface area contributed by atoms with Crippen molar-refractivity contribution in [1.29, 1.82) is 0 Å². The van der Waals surface area contributed by atoms with Gasteiger partial charge in [-0.25, -0.2) is 0 Å². The van der Waals surface area contributed by atoms with E-state index in [9.17, 15) is 0 Å². The molecule has 0 amide bonds. The Labute approximate surface area is 55.3 Å². The van der Waals surface area contributed by atoms with E-state index in [1.54, 1.807) is 0 Å². The van der Waals surface area contributed by atoms with Crippen LogP contribution in [0.25, 0.3) is 0 Å². The van der Waals surface area contributed by atoms with Crippen LogP contribution in [0.1, 0.15) is 0 Å². The molecule has 0 nitrogen and oxygen atoms in total. The van der Waals surface area contributed by atoms with Crippen molar-refractivity contribution in [2.75, 3.05) is 0 Å². The Morgan fingerprint density at radius 1 is 1.25 bits per heavy atom. The molecule has 0 aliphatic carbocycles. The van der Waals surface area contributed by atoms with Crippen molar-refractivity contribution in [2.45, 2.75) is 0 Å². The van der Waals surface area contributed by atoms with Crippen LogP contribution in [-0.2, 0) is 44.9 Å². The summed E-state index contributed by atoms with van der Waals surface area (Å²) in [6.07, 6.45) is 0. The summed E-state index contributed by atoms with van der Waals surface area (Å²) in [5, 5.41) is 0. The Morgan fingerprint density at radius 3 is 1.25 bits per heavy atom. The van der Waals surface area contributed by atoms with Gasteiger partial charge < -0.3 is 13.5 Å². The maximum atomic E-state index is 3.83. The molecular weight excluding hydrogens is 184 g/mol. The van der Waals surface area contributed by atoms with Crippen LogP contribution in [0.4, 0.5) is 0 Å². The SMILES string of the molecule is [Cu+].[SH-].[S]=[Fe]. The molecule has 4 heavy (non-hydrogen) atoms. The van der Waals surface area contributed by atoms with Crippen LogP contribution in [0.2, 0.25) is 0 Å². The van der Waals surface area contributed by atoms with Crippen LogP contribution >= 0.6 is 10.6 Å². The second-order valence-electron chi connectivity index (χ2n) is 0. The molecule has 0 saturated carbocycles. The van der Waals surface area contributed by atoms with Crippen LogP contribution in [0.5, 0.6) is 0 Å². The number of rotatable bonds is 0. The zero-order chi connectivity index (χ0) is 2.00. The second-order valence-corrected chi connectivity index (χ2v) is 0. The zero-order valence-corrected chi connectivity index (χ0v) is 5.27. The second kappa shape index (κ2) is 23.2. The Hall–Kier alpha value is 1.61. The normalized spacial score (nSPS) is 1.25. The monoisotopic (exact) mass is 184 g/mol. The number of hydrogen-bond donors (Lipinski definition) is 0. The summed E-state index contributed by atoms with van der Waals surface area (Å²) >= 11 is 2.83. The summed E-state index contributed by atoms with van der Waals surface area (Å²) in [5.41, 5.74) is 0. The summed E-state index contributed by atoms with van der Waals surface area (Å²) in [6.45, 7) is 0. The Morgan fingerprint density at radius 2 is 1.25 bits per heavy atom. The van der Waals surface area contributed by atoms with Crippen LogP contribution < -0.4 is 0 Å². The first kappa shape index (κ1) is 17.5. The first-order valence-electron chi connectivity index (χ1n) is 0.144. The molecule has 0 aliphatic heterocycles. The average Bonchev–Trinajstić information content (AvgIpc) is 1.00. The molecule has 4 heteroatoms. The van der Waals surface area contributed by atoms with E-state index in [2.05, 4.69) is 24.9 Å². The van der Waals surface area contributed by atoms with E-state index in [-0.39, 0.29) is 30.6 Å². The van der Waals surface area contributed by atoms with E-state index in [0.29, 0.717) is 0 Å². The standard InChI is InChI=1S/Cu.Fe.H2S.S/h;;1H2;/q+1;;;/p-1. The van der Waals surface area contributed by atoms with Crippen molar-refractivity contribution in [2.24, 2.45) is 0 Å². The van der Waals surface area contributed by atoms with Gasteiger partial charge in [0.1, 0.15) is 0 Å². The maximum absolute atomic E-state index is 3.83. The summed E-state index contributed by atoms with van der Waals surface area (Å²) in [6, 6.07) is 0. The number of thiol groups is 1. The molecule has 0 radical (unpaired) electrons. The molecule has 0 aliphatic rings.